The van der Waals surface area contributed by atoms with E-state index in [2.05, 4.69) is 17.3 Å². The molecule has 0 aliphatic carbocycles. The van der Waals surface area contributed by atoms with Gasteiger partial charge in [0.25, 0.3) is 0 Å². The SMILES string of the molecule is COCCNCCN(C)CC(C)=CCl. The lowest BCUT2D eigenvalue weighted by molar-refractivity contribution is 0.198. The van der Waals surface area contributed by atoms with Gasteiger partial charge in [-0.3, -0.25) is 0 Å². The van der Waals surface area contributed by atoms with Crippen molar-refractivity contribution in [2.45, 2.75) is 6.92 Å². The Bertz CT molecular complexity index is 162. The van der Waals surface area contributed by atoms with Crippen molar-refractivity contribution in [3.05, 3.63) is 11.1 Å². The van der Waals surface area contributed by atoms with Crippen molar-refractivity contribution in [3.63, 3.8) is 0 Å². The van der Waals surface area contributed by atoms with Crippen LogP contribution >= 0.6 is 11.6 Å². The second kappa shape index (κ2) is 9.46. The molecular weight excluding hydrogens is 200 g/mol. The van der Waals surface area contributed by atoms with Crippen LogP contribution in [-0.2, 0) is 4.74 Å². The van der Waals surface area contributed by atoms with Crippen LogP contribution in [0, 0.1) is 0 Å². The molecule has 4 heteroatoms. The van der Waals surface area contributed by atoms with Gasteiger partial charge in [-0.25, -0.2) is 0 Å². The zero-order valence-corrected chi connectivity index (χ0v) is 10.1. The summed E-state index contributed by atoms with van der Waals surface area (Å²) in [7, 11) is 3.80. The fourth-order valence-electron chi connectivity index (χ4n) is 1.11. The number of rotatable bonds is 8. The Balaban J connectivity index is 3.31. The number of nitrogens with zero attached hydrogens (tertiary/aromatic N) is 1. The van der Waals surface area contributed by atoms with Crippen molar-refractivity contribution in [2.24, 2.45) is 0 Å². The Kier molecular flexibility index (Phi) is 9.40. The molecule has 0 bridgehead atoms. The largest absolute Gasteiger partial charge is 0.383 e. The quantitative estimate of drug-likeness (QED) is 0.625. The topological polar surface area (TPSA) is 24.5 Å². The van der Waals surface area contributed by atoms with Crippen molar-refractivity contribution < 1.29 is 4.74 Å². The van der Waals surface area contributed by atoms with Crippen molar-refractivity contribution >= 4 is 11.6 Å². The van der Waals surface area contributed by atoms with Crippen LogP contribution < -0.4 is 5.32 Å². The lowest BCUT2D eigenvalue weighted by Crippen LogP contribution is -2.31. The first kappa shape index (κ1) is 13.9. The summed E-state index contributed by atoms with van der Waals surface area (Å²) in [6.07, 6.45) is 0. The smallest absolute Gasteiger partial charge is 0.0587 e. The van der Waals surface area contributed by atoms with Gasteiger partial charge in [0.1, 0.15) is 0 Å². The highest BCUT2D eigenvalue weighted by atomic mass is 35.5. The van der Waals surface area contributed by atoms with Gasteiger partial charge in [-0.2, -0.15) is 0 Å². The molecule has 14 heavy (non-hydrogen) atoms. The Morgan fingerprint density at radius 2 is 2.21 bits per heavy atom. The molecule has 0 saturated carbocycles. The number of hydrogen-bond acceptors (Lipinski definition) is 3. The first-order chi connectivity index (χ1) is 6.70. The standard InChI is InChI=1S/C10H21ClN2O/c1-10(8-11)9-13(2)6-4-12-5-7-14-3/h8,12H,4-7,9H2,1-3H3. The molecule has 0 radical (unpaired) electrons. The van der Waals surface area contributed by atoms with Crippen LogP contribution in [0.3, 0.4) is 0 Å². The Morgan fingerprint density at radius 3 is 2.79 bits per heavy atom. The van der Waals surface area contributed by atoms with Gasteiger partial charge in [-0.15, -0.1) is 0 Å². The zero-order valence-electron chi connectivity index (χ0n) is 9.35. The number of halogens is 1. The molecule has 84 valence electrons. The van der Waals surface area contributed by atoms with Gasteiger partial charge < -0.3 is 15.0 Å². The van der Waals surface area contributed by atoms with E-state index in [-0.39, 0.29) is 0 Å². The van der Waals surface area contributed by atoms with Gasteiger partial charge in [0.15, 0.2) is 0 Å². The van der Waals surface area contributed by atoms with Gasteiger partial charge in [0.2, 0.25) is 0 Å². The number of hydrogen-bond donors (Lipinski definition) is 1. The summed E-state index contributed by atoms with van der Waals surface area (Å²) in [5, 5.41) is 3.29. The zero-order chi connectivity index (χ0) is 10.8. The van der Waals surface area contributed by atoms with Crippen molar-refractivity contribution in [2.75, 3.05) is 46.9 Å². The first-order valence-corrected chi connectivity index (χ1v) is 5.28. The van der Waals surface area contributed by atoms with Crippen LogP contribution in [0.2, 0.25) is 0 Å². The maximum absolute atomic E-state index is 5.58. The van der Waals surface area contributed by atoms with E-state index in [4.69, 9.17) is 16.3 Å². The van der Waals surface area contributed by atoms with Crippen LogP contribution in [0.4, 0.5) is 0 Å². The third-order valence-electron chi connectivity index (χ3n) is 1.86. The number of likely N-dealkylation sites (N-methyl/N-ethyl adjacent to an activating group) is 1. The molecule has 0 atom stereocenters. The summed E-state index contributed by atoms with van der Waals surface area (Å²) in [4.78, 5) is 2.23. The van der Waals surface area contributed by atoms with Crippen LogP contribution in [0.1, 0.15) is 6.92 Å². The first-order valence-electron chi connectivity index (χ1n) is 4.84. The Labute approximate surface area is 92.1 Å². The summed E-state index contributed by atoms with van der Waals surface area (Å²) >= 11 is 5.58. The molecule has 0 aliphatic heterocycles. The fraction of sp³-hybridized carbons (Fsp3) is 0.800. The van der Waals surface area contributed by atoms with Crippen LogP contribution in [-0.4, -0.2) is 51.8 Å². The molecule has 0 heterocycles. The molecule has 0 saturated heterocycles. The summed E-state index contributed by atoms with van der Waals surface area (Å²) in [6.45, 7) is 6.64. The predicted octanol–water partition coefficient (Wildman–Crippen LogP) is 1.30. The molecular formula is C10H21ClN2O. The number of methoxy groups -OCH3 is 1. The third-order valence-corrected chi connectivity index (χ3v) is 2.23. The minimum absolute atomic E-state index is 0.768. The third kappa shape index (κ3) is 8.51. The maximum Gasteiger partial charge on any atom is 0.0587 e. The minimum Gasteiger partial charge on any atom is -0.383 e. The van der Waals surface area contributed by atoms with Crippen LogP contribution in [0.5, 0.6) is 0 Å². The molecule has 0 aromatic heterocycles. The van der Waals surface area contributed by atoms with Gasteiger partial charge in [-0.05, 0) is 19.5 Å². The summed E-state index contributed by atoms with van der Waals surface area (Å²) in [6, 6.07) is 0. The highest BCUT2D eigenvalue weighted by molar-refractivity contribution is 6.25. The van der Waals surface area contributed by atoms with Crippen LogP contribution in [0.25, 0.3) is 0 Å². The highest BCUT2D eigenvalue weighted by Crippen LogP contribution is 1.97. The Hall–Kier alpha value is -0.0900. The molecule has 0 aromatic carbocycles. The molecule has 0 spiro atoms. The van der Waals surface area contributed by atoms with E-state index < -0.39 is 0 Å². The van der Waals surface area contributed by atoms with E-state index in [0.717, 1.165) is 32.8 Å². The van der Waals surface area contributed by atoms with E-state index in [9.17, 15) is 0 Å². The Morgan fingerprint density at radius 1 is 1.50 bits per heavy atom. The summed E-state index contributed by atoms with van der Waals surface area (Å²) < 4.78 is 4.93. The van der Waals surface area contributed by atoms with Gasteiger partial charge in [0, 0.05) is 38.8 Å². The van der Waals surface area contributed by atoms with Gasteiger partial charge in [-0.1, -0.05) is 11.6 Å². The van der Waals surface area contributed by atoms with Crippen molar-refractivity contribution in [1.29, 1.82) is 0 Å². The maximum atomic E-state index is 5.58. The van der Waals surface area contributed by atoms with E-state index in [1.165, 1.54) is 5.57 Å². The van der Waals surface area contributed by atoms with Crippen LogP contribution in [0.15, 0.2) is 11.1 Å². The molecule has 1 N–H and O–H groups in total. The predicted molar refractivity (Wildman–Crippen MR) is 61.9 cm³/mol. The van der Waals surface area contributed by atoms with E-state index in [1.54, 1.807) is 12.6 Å². The lowest BCUT2D eigenvalue weighted by Gasteiger charge is -2.16. The molecule has 0 aromatic rings. The fourth-order valence-corrected chi connectivity index (χ4v) is 1.18. The van der Waals surface area contributed by atoms with E-state index in [1.807, 2.05) is 6.92 Å². The van der Waals surface area contributed by atoms with Crippen molar-refractivity contribution in [1.82, 2.24) is 10.2 Å². The molecule has 0 amide bonds. The van der Waals surface area contributed by atoms with E-state index >= 15 is 0 Å². The summed E-state index contributed by atoms with van der Waals surface area (Å²) in [5.74, 6) is 0. The van der Waals surface area contributed by atoms with E-state index in [0.29, 0.717) is 0 Å². The highest BCUT2D eigenvalue weighted by Gasteiger charge is 1.97. The van der Waals surface area contributed by atoms with Gasteiger partial charge in [0.05, 0.1) is 6.61 Å². The average molecular weight is 221 g/mol. The second-order valence-corrected chi connectivity index (χ2v) is 3.65. The molecule has 0 fully saturated rings. The normalized spacial score (nSPS) is 12.5. The molecule has 0 unspecified atom stereocenters. The summed E-state index contributed by atoms with van der Waals surface area (Å²) in [5.41, 5.74) is 2.82. The molecule has 3 nitrogen and oxygen atoms in total. The van der Waals surface area contributed by atoms with Gasteiger partial charge >= 0.3 is 0 Å². The number of ether oxygens (including phenoxy) is 1. The lowest BCUT2D eigenvalue weighted by atomic mass is 10.3. The minimum atomic E-state index is 0.768. The van der Waals surface area contributed by atoms with Crippen molar-refractivity contribution in [3.8, 4) is 0 Å². The monoisotopic (exact) mass is 220 g/mol. The number of nitrogens with one attached hydrogen (secondary N) is 1. The molecule has 0 rings (SSSR count). The second-order valence-electron chi connectivity index (χ2n) is 3.44. The average Bonchev–Trinajstić information content (AvgIpc) is 2.17. The molecule has 0 aliphatic rings.